The molecule has 2 rings (SSSR count). The Morgan fingerprint density at radius 1 is 1.17 bits per heavy atom. The highest BCUT2D eigenvalue weighted by atomic mass is 32.1. The van der Waals surface area contributed by atoms with Crippen LogP contribution in [0.25, 0.3) is 10.2 Å². The number of aromatic nitrogens is 2. The lowest BCUT2D eigenvalue weighted by molar-refractivity contribution is -0.152. The lowest BCUT2D eigenvalue weighted by atomic mass is 10.0. The van der Waals surface area contributed by atoms with Gasteiger partial charge < -0.3 is 9.47 Å². The van der Waals surface area contributed by atoms with E-state index in [4.69, 9.17) is 9.47 Å². The summed E-state index contributed by atoms with van der Waals surface area (Å²) in [7, 11) is 0. The second kappa shape index (κ2) is 8.65. The Morgan fingerprint density at radius 2 is 1.79 bits per heavy atom. The fourth-order valence-corrected chi connectivity index (χ4v) is 4.10. The van der Waals surface area contributed by atoms with Crippen LogP contribution in [0, 0.1) is 12.8 Å². The summed E-state index contributed by atoms with van der Waals surface area (Å²) in [6.45, 7) is 15.0. The molecule has 0 fully saturated rings. The Bertz CT molecular complexity index is 985. The summed E-state index contributed by atoms with van der Waals surface area (Å²) in [5.74, 6) is -0.388. The van der Waals surface area contributed by atoms with Gasteiger partial charge in [0, 0.05) is 5.92 Å². The van der Waals surface area contributed by atoms with E-state index in [-0.39, 0.29) is 24.0 Å². The molecule has 0 aliphatic heterocycles. The Morgan fingerprint density at radius 3 is 2.31 bits per heavy atom. The monoisotopic (exact) mass is 422 g/mol. The first-order valence-electron chi connectivity index (χ1n) is 9.84. The zero-order valence-corrected chi connectivity index (χ0v) is 19.2. The van der Waals surface area contributed by atoms with Gasteiger partial charge in [0.2, 0.25) is 0 Å². The number of ether oxygens (including phenoxy) is 2. The van der Waals surface area contributed by atoms with Crippen molar-refractivity contribution < 1.29 is 19.1 Å². The first-order chi connectivity index (χ1) is 13.4. The van der Waals surface area contributed by atoms with Gasteiger partial charge in [0.25, 0.3) is 5.56 Å². The fraction of sp³-hybridized carbons (Fsp3) is 0.619. The van der Waals surface area contributed by atoms with Crippen LogP contribution in [0.3, 0.4) is 0 Å². The molecule has 0 N–H and O–H groups in total. The number of fused-ring (bicyclic) bond motifs is 1. The van der Waals surface area contributed by atoms with E-state index in [1.165, 1.54) is 4.57 Å². The predicted octanol–water partition coefficient (Wildman–Crippen LogP) is 4.00. The zero-order valence-electron chi connectivity index (χ0n) is 18.4. The number of rotatable bonds is 7. The van der Waals surface area contributed by atoms with Gasteiger partial charge in [-0.1, -0.05) is 27.7 Å². The second-order valence-electron chi connectivity index (χ2n) is 8.27. The number of carbonyl (C=O) groups is 2. The summed E-state index contributed by atoms with van der Waals surface area (Å²) >= 11 is 1.15. The topological polar surface area (TPSA) is 87.5 Å². The van der Waals surface area contributed by atoms with E-state index in [9.17, 15) is 14.4 Å². The maximum Gasteiger partial charge on any atom is 0.348 e. The molecular formula is C21H30N2O5S. The molecule has 0 saturated carbocycles. The maximum atomic E-state index is 13.5. The van der Waals surface area contributed by atoms with E-state index >= 15 is 0 Å². The lowest BCUT2D eigenvalue weighted by Crippen LogP contribution is -2.46. The average Bonchev–Trinajstić information content (AvgIpc) is 2.96. The van der Waals surface area contributed by atoms with Crippen LogP contribution in [0.1, 0.15) is 75.4 Å². The third-order valence-electron chi connectivity index (χ3n) is 4.57. The molecule has 0 aromatic carbocycles. The highest BCUT2D eigenvalue weighted by molar-refractivity contribution is 7.20. The van der Waals surface area contributed by atoms with Crippen molar-refractivity contribution in [1.29, 1.82) is 0 Å². The van der Waals surface area contributed by atoms with Crippen molar-refractivity contribution >= 4 is 33.5 Å². The molecule has 0 spiro atoms. The molecule has 0 amide bonds. The van der Waals surface area contributed by atoms with Gasteiger partial charge >= 0.3 is 11.9 Å². The Labute approximate surface area is 175 Å². The van der Waals surface area contributed by atoms with Crippen LogP contribution in [-0.2, 0) is 19.8 Å². The van der Waals surface area contributed by atoms with Crippen molar-refractivity contribution in [3.8, 4) is 0 Å². The standard InChI is InChI=1S/C21H30N2O5S/c1-9-27-20(26)21(7,8)23-16(12(4)5)22-17-14(18(23)24)13(6)15(29-17)19(25)28-10-11(2)3/h11-12H,9-10H2,1-8H3. The van der Waals surface area contributed by atoms with Crippen LogP contribution in [0.2, 0.25) is 0 Å². The number of hydrogen-bond donors (Lipinski definition) is 0. The minimum absolute atomic E-state index is 0.112. The molecule has 2 aromatic heterocycles. The number of aryl methyl sites for hydroxylation is 1. The van der Waals surface area contributed by atoms with Crippen LogP contribution in [0.4, 0.5) is 0 Å². The van der Waals surface area contributed by atoms with Crippen molar-refractivity contribution in [2.75, 3.05) is 13.2 Å². The van der Waals surface area contributed by atoms with E-state index in [1.54, 1.807) is 27.7 Å². The van der Waals surface area contributed by atoms with E-state index in [1.807, 2.05) is 27.7 Å². The first kappa shape index (κ1) is 23.1. The summed E-state index contributed by atoms with van der Waals surface area (Å²) in [6.07, 6.45) is 0. The Kier molecular flexibility index (Phi) is 6.88. The number of thiophene rings is 1. The van der Waals surface area contributed by atoms with Crippen LogP contribution in [0.15, 0.2) is 4.79 Å². The summed E-state index contributed by atoms with van der Waals surface area (Å²) in [5.41, 5.74) is -1.06. The fourth-order valence-electron chi connectivity index (χ4n) is 3.03. The van der Waals surface area contributed by atoms with E-state index < -0.39 is 17.5 Å². The summed E-state index contributed by atoms with van der Waals surface area (Å²) in [6, 6.07) is 0. The molecule has 160 valence electrons. The Hall–Kier alpha value is -2.22. The number of hydrogen-bond acceptors (Lipinski definition) is 7. The smallest absolute Gasteiger partial charge is 0.348 e. The third-order valence-corrected chi connectivity index (χ3v) is 5.74. The van der Waals surface area contributed by atoms with Crippen molar-refractivity contribution in [2.24, 2.45) is 5.92 Å². The molecule has 8 heteroatoms. The SMILES string of the molecule is CCOC(=O)C(C)(C)n1c(C(C)C)nc2sc(C(=O)OCC(C)C)c(C)c2c1=O. The molecule has 0 aliphatic rings. The normalized spacial score (nSPS) is 12.1. The lowest BCUT2D eigenvalue weighted by Gasteiger charge is -2.28. The number of esters is 2. The van der Waals surface area contributed by atoms with Gasteiger partial charge in [-0.2, -0.15) is 0 Å². The largest absolute Gasteiger partial charge is 0.464 e. The molecule has 2 heterocycles. The molecule has 0 saturated heterocycles. The molecule has 2 aromatic rings. The van der Waals surface area contributed by atoms with E-state index in [2.05, 4.69) is 4.98 Å². The average molecular weight is 423 g/mol. The molecule has 0 bridgehead atoms. The van der Waals surface area contributed by atoms with Gasteiger partial charge in [-0.05, 0) is 39.2 Å². The molecule has 29 heavy (non-hydrogen) atoms. The van der Waals surface area contributed by atoms with Crippen LogP contribution < -0.4 is 5.56 Å². The highest BCUT2D eigenvalue weighted by Crippen LogP contribution is 2.31. The zero-order chi connectivity index (χ0) is 22.1. The highest BCUT2D eigenvalue weighted by Gasteiger charge is 2.37. The summed E-state index contributed by atoms with van der Waals surface area (Å²) in [4.78, 5) is 44.1. The van der Waals surface area contributed by atoms with Gasteiger partial charge in [-0.3, -0.25) is 9.36 Å². The van der Waals surface area contributed by atoms with Gasteiger partial charge in [-0.25, -0.2) is 14.6 Å². The van der Waals surface area contributed by atoms with Crippen LogP contribution >= 0.6 is 11.3 Å². The minimum atomic E-state index is -1.24. The first-order valence-corrected chi connectivity index (χ1v) is 10.7. The van der Waals surface area contributed by atoms with Crippen LogP contribution in [-0.4, -0.2) is 34.7 Å². The van der Waals surface area contributed by atoms with Gasteiger partial charge in [0.15, 0.2) is 0 Å². The van der Waals surface area contributed by atoms with E-state index in [0.29, 0.717) is 33.1 Å². The maximum absolute atomic E-state index is 13.5. The molecular weight excluding hydrogens is 392 g/mol. The van der Waals surface area contributed by atoms with Crippen molar-refractivity contribution in [1.82, 2.24) is 9.55 Å². The predicted molar refractivity (Wildman–Crippen MR) is 114 cm³/mol. The van der Waals surface area contributed by atoms with Crippen molar-refractivity contribution in [2.45, 2.75) is 66.8 Å². The summed E-state index contributed by atoms with van der Waals surface area (Å²) in [5, 5.41) is 0.341. The molecule has 0 atom stereocenters. The summed E-state index contributed by atoms with van der Waals surface area (Å²) < 4.78 is 11.9. The number of nitrogens with zero attached hydrogens (tertiary/aromatic N) is 2. The van der Waals surface area contributed by atoms with E-state index in [0.717, 1.165) is 11.3 Å². The second-order valence-corrected chi connectivity index (χ2v) is 9.27. The quantitative estimate of drug-likeness (QED) is 0.627. The third kappa shape index (κ3) is 4.37. The molecule has 0 unspecified atom stereocenters. The van der Waals surface area contributed by atoms with Crippen molar-refractivity contribution in [3.05, 3.63) is 26.6 Å². The molecule has 0 radical (unpaired) electrons. The molecule has 0 aliphatic carbocycles. The van der Waals surface area contributed by atoms with Crippen molar-refractivity contribution in [3.63, 3.8) is 0 Å². The van der Waals surface area contributed by atoms with Gasteiger partial charge in [-0.15, -0.1) is 11.3 Å². The van der Waals surface area contributed by atoms with Gasteiger partial charge in [0.1, 0.15) is 21.1 Å². The van der Waals surface area contributed by atoms with Crippen LogP contribution in [0.5, 0.6) is 0 Å². The number of carbonyl (C=O) groups excluding carboxylic acids is 2. The molecule has 7 nitrogen and oxygen atoms in total. The minimum Gasteiger partial charge on any atom is -0.464 e. The Balaban J connectivity index is 2.74. The van der Waals surface area contributed by atoms with Gasteiger partial charge in [0.05, 0.1) is 18.6 Å².